The number of nitrogens with one attached hydrogen (secondary N) is 2. The summed E-state index contributed by atoms with van der Waals surface area (Å²) >= 11 is 3.36. The zero-order valence-corrected chi connectivity index (χ0v) is 14.9. The zero-order chi connectivity index (χ0) is 14.9. The summed E-state index contributed by atoms with van der Waals surface area (Å²) in [5.41, 5.74) is 0. The molecule has 0 saturated carbocycles. The van der Waals surface area contributed by atoms with E-state index in [4.69, 9.17) is 4.74 Å². The SMILES string of the molecule is Cl.O=C(COc1ccc(Br)cc1)NCCCN1CCNCC1. The van der Waals surface area contributed by atoms with Crippen molar-refractivity contribution < 1.29 is 9.53 Å². The maximum Gasteiger partial charge on any atom is 0.257 e. The van der Waals surface area contributed by atoms with Gasteiger partial charge in [0, 0.05) is 37.2 Å². The van der Waals surface area contributed by atoms with Gasteiger partial charge in [-0.05, 0) is 37.2 Å². The van der Waals surface area contributed by atoms with Crippen LogP contribution in [0.2, 0.25) is 0 Å². The van der Waals surface area contributed by atoms with Crippen molar-refractivity contribution in [1.82, 2.24) is 15.5 Å². The molecule has 1 heterocycles. The number of amides is 1. The molecule has 1 fully saturated rings. The summed E-state index contributed by atoms with van der Waals surface area (Å²) in [6.07, 6.45) is 0.976. The van der Waals surface area contributed by atoms with Gasteiger partial charge in [0.2, 0.25) is 0 Å². The Morgan fingerprint density at radius 3 is 2.64 bits per heavy atom. The summed E-state index contributed by atoms with van der Waals surface area (Å²) in [5, 5.41) is 6.22. The van der Waals surface area contributed by atoms with Gasteiger partial charge in [0.1, 0.15) is 5.75 Å². The van der Waals surface area contributed by atoms with E-state index in [0.29, 0.717) is 12.3 Å². The molecule has 22 heavy (non-hydrogen) atoms. The lowest BCUT2D eigenvalue weighted by molar-refractivity contribution is -0.123. The average molecular weight is 393 g/mol. The molecule has 124 valence electrons. The second-order valence-corrected chi connectivity index (χ2v) is 5.95. The maximum atomic E-state index is 11.7. The molecule has 0 bridgehead atoms. The largest absolute Gasteiger partial charge is 0.484 e. The van der Waals surface area contributed by atoms with Gasteiger partial charge in [-0.25, -0.2) is 0 Å². The minimum absolute atomic E-state index is 0. The third-order valence-electron chi connectivity index (χ3n) is 3.37. The van der Waals surface area contributed by atoms with E-state index < -0.39 is 0 Å². The molecule has 0 unspecified atom stereocenters. The van der Waals surface area contributed by atoms with E-state index >= 15 is 0 Å². The number of benzene rings is 1. The van der Waals surface area contributed by atoms with Crippen LogP contribution in [0.3, 0.4) is 0 Å². The quantitative estimate of drug-likeness (QED) is 0.693. The van der Waals surface area contributed by atoms with Gasteiger partial charge in [0.15, 0.2) is 6.61 Å². The van der Waals surface area contributed by atoms with Crippen molar-refractivity contribution >= 4 is 34.2 Å². The smallest absolute Gasteiger partial charge is 0.257 e. The lowest BCUT2D eigenvalue weighted by Gasteiger charge is -2.27. The highest BCUT2D eigenvalue weighted by Gasteiger charge is 2.08. The second kappa shape index (κ2) is 10.8. The number of halogens is 2. The summed E-state index contributed by atoms with van der Waals surface area (Å²) < 4.78 is 6.41. The first-order valence-corrected chi connectivity index (χ1v) is 8.11. The van der Waals surface area contributed by atoms with Crippen molar-refractivity contribution in [3.63, 3.8) is 0 Å². The van der Waals surface area contributed by atoms with E-state index in [2.05, 4.69) is 31.5 Å². The highest BCUT2D eigenvalue weighted by atomic mass is 79.9. The second-order valence-electron chi connectivity index (χ2n) is 5.04. The fourth-order valence-electron chi connectivity index (χ4n) is 2.20. The van der Waals surface area contributed by atoms with Gasteiger partial charge < -0.3 is 20.3 Å². The molecule has 1 amide bonds. The van der Waals surface area contributed by atoms with Gasteiger partial charge in [-0.15, -0.1) is 12.4 Å². The summed E-state index contributed by atoms with van der Waals surface area (Å²) in [4.78, 5) is 14.1. The zero-order valence-electron chi connectivity index (χ0n) is 12.5. The standard InChI is InChI=1S/C15H22BrN3O2.ClH/c16-13-2-4-14(5-3-13)21-12-15(20)18-6-1-9-19-10-7-17-8-11-19;/h2-5,17H,1,6-12H2,(H,18,20);1H. The lowest BCUT2D eigenvalue weighted by Crippen LogP contribution is -2.44. The molecule has 0 radical (unpaired) electrons. The lowest BCUT2D eigenvalue weighted by atomic mass is 10.3. The fourth-order valence-corrected chi connectivity index (χ4v) is 2.46. The van der Waals surface area contributed by atoms with E-state index in [1.54, 1.807) is 0 Å². The van der Waals surface area contributed by atoms with E-state index in [1.807, 2.05) is 24.3 Å². The first kappa shape index (κ1) is 19.2. The highest BCUT2D eigenvalue weighted by molar-refractivity contribution is 9.10. The highest BCUT2D eigenvalue weighted by Crippen LogP contribution is 2.15. The van der Waals surface area contributed by atoms with Crippen LogP contribution < -0.4 is 15.4 Å². The third kappa shape index (κ3) is 7.45. The van der Waals surface area contributed by atoms with Crippen LogP contribution in [-0.4, -0.2) is 56.7 Å². The Morgan fingerprint density at radius 2 is 1.95 bits per heavy atom. The van der Waals surface area contributed by atoms with Crippen LogP contribution in [0.25, 0.3) is 0 Å². The number of hydrogen-bond donors (Lipinski definition) is 2. The minimum atomic E-state index is -0.0711. The van der Waals surface area contributed by atoms with E-state index in [9.17, 15) is 4.79 Å². The third-order valence-corrected chi connectivity index (χ3v) is 3.90. The topological polar surface area (TPSA) is 53.6 Å². The van der Waals surface area contributed by atoms with Gasteiger partial charge in [0.25, 0.3) is 5.91 Å². The van der Waals surface area contributed by atoms with Crippen molar-refractivity contribution in [3.8, 4) is 5.75 Å². The Hall–Kier alpha value is -0.820. The van der Waals surface area contributed by atoms with Crippen LogP contribution in [0.4, 0.5) is 0 Å². The molecule has 0 aliphatic carbocycles. The van der Waals surface area contributed by atoms with Crippen LogP contribution in [0.15, 0.2) is 28.7 Å². The molecule has 1 aromatic carbocycles. The molecule has 0 atom stereocenters. The molecule has 1 aromatic rings. The van der Waals surface area contributed by atoms with Crippen molar-refractivity contribution in [2.75, 3.05) is 45.9 Å². The molecule has 2 N–H and O–H groups in total. The van der Waals surface area contributed by atoms with Crippen LogP contribution >= 0.6 is 28.3 Å². The monoisotopic (exact) mass is 391 g/mol. The van der Waals surface area contributed by atoms with Crippen LogP contribution in [0.1, 0.15) is 6.42 Å². The summed E-state index contributed by atoms with van der Waals surface area (Å²) in [6, 6.07) is 7.45. The van der Waals surface area contributed by atoms with Crippen molar-refractivity contribution in [3.05, 3.63) is 28.7 Å². The molecule has 0 aromatic heterocycles. The van der Waals surface area contributed by atoms with Gasteiger partial charge >= 0.3 is 0 Å². The predicted molar refractivity (Wildman–Crippen MR) is 93.8 cm³/mol. The molecule has 5 nitrogen and oxygen atoms in total. The first-order chi connectivity index (χ1) is 10.2. The van der Waals surface area contributed by atoms with Crippen LogP contribution in [-0.2, 0) is 4.79 Å². The molecule has 1 aliphatic rings. The van der Waals surface area contributed by atoms with Gasteiger partial charge in [0.05, 0.1) is 0 Å². The first-order valence-electron chi connectivity index (χ1n) is 7.32. The Kier molecular flexibility index (Phi) is 9.47. The molecule has 1 saturated heterocycles. The molecular weight excluding hydrogens is 370 g/mol. The number of ether oxygens (including phenoxy) is 1. The fraction of sp³-hybridized carbons (Fsp3) is 0.533. The maximum absolute atomic E-state index is 11.7. The Morgan fingerprint density at radius 1 is 1.27 bits per heavy atom. The van der Waals surface area contributed by atoms with Crippen molar-refractivity contribution in [1.29, 1.82) is 0 Å². The number of nitrogens with zero attached hydrogens (tertiary/aromatic N) is 1. The van der Waals surface area contributed by atoms with Crippen LogP contribution in [0, 0.1) is 0 Å². The number of piperazine rings is 1. The van der Waals surface area contributed by atoms with Crippen molar-refractivity contribution in [2.45, 2.75) is 6.42 Å². The Balaban J connectivity index is 0.00000242. The van der Waals surface area contributed by atoms with E-state index in [1.165, 1.54) is 0 Å². The molecule has 1 aliphatic heterocycles. The van der Waals surface area contributed by atoms with E-state index in [-0.39, 0.29) is 24.9 Å². The average Bonchev–Trinajstić information content (AvgIpc) is 2.52. The summed E-state index contributed by atoms with van der Waals surface area (Å²) in [5.74, 6) is 0.632. The van der Waals surface area contributed by atoms with Gasteiger partial charge in [-0.1, -0.05) is 15.9 Å². The van der Waals surface area contributed by atoms with Gasteiger partial charge in [-0.2, -0.15) is 0 Å². The van der Waals surface area contributed by atoms with Crippen molar-refractivity contribution in [2.24, 2.45) is 0 Å². The number of carbonyl (C=O) groups excluding carboxylic acids is 1. The molecule has 2 rings (SSSR count). The Bertz CT molecular complexity index is 439. The Labute approximate surface area is 146 Å². The molecular formula is C15H23BrClN3O2. The number of hydrogen-bond acceptors (Lipinski definition) is 4. The van der Waals surface area contributed by atoms with E-state index in [0.717, 1.165) is 43.6 Å². The normalized spacial score (nSPS) is 15.0. The molecule has 7 heteroatoms. The van der Waals surface area contributed by atoms with Gasteiger partial charge in [-0.3, -0.25) is 4.79 Å². The van der Waals surface area contributed by atoms with Crippen LogP contribution in [0.5, 0.6) is 5.75 Å². The number of rotatable bonds is 7. The number of carbonyl (C=O) groups is 1. The minimum Gasteiger partial charge on any atom is -0.484 e. The summed E-state index contributed by atoms with van der Waals surface area (Å²) in [6.45, 7) is 6.12. The molecule has 0 spiro atoms. The summed E-state index contributed by atoms with van der Waals surface area (Å²) in [7, 11) is 0. The predicted octanol–water partition coefficient (Wildman–Crippen LogP) is 1.66.